The van der Waals surface area contributed by atoms with E-state index in [1.54, 1.807) is 17.5 Å². The summed E-state index contributed by atoms with van der Waals surface area (Å²) in [4.78, 5) is 26.6. The summed E-state index contributed by atoms with van der Waals surface area (Å²) in [5, 5.41) is 15.5. The molecular formula is C15H11N3O4S. The zero-order valence-electron chi connectivity index (χ0n) is 12.0. The number of nitro groups is 1. The fourth-order valence-electron chi connectivity index (χ4n) is 1.93. The second kappa shape index (κ2) is 6.01. The molecule has 0 fully saturated rings. The highest BCUT2D eigenvalue weighted by Crippen LogP contribution is 2.26. The maximum atomic E-state index is 12.2. The van der Waals surface area contributed by atoms with Crippen molar-refractivity contribution in [3.05, 3.63) is 63.3 Å². The summed E-state index contributed by atoms with van der Waals surface area (Å²) >= 11 is 1.29. The predicted octanol–water partition coefficient (Wildman–Crippen LogP) is 3.87. The molecular weight excluding hydrogens is 318 g/mol. The second-order valence-electron chi connectivity index (χ2n) is 4.71. The van der Waals surface area contributed by atoms with E-state index in [2.05, 4.69) is 10.3 Å². The molecule has 0 aliphatic rings. The third-order valence-corrected chi connectivity index (χ3v) is 3.86. The van der Waals surface area contributed by atoms with Crippen LogP contribution in [0.5, 0.6) is 0 Å². The Balaban J connectivity index is 1.77. The number of aryl methyl sites for hydroxylation is 1. The molecule has 1 N–H and O–H groups in total. The fraction of sp³-hybridized carbons (Fsp3) is 0.0667. The van der Waals surface area contributed by atoms with Gasteiger partial charge in [-0.1, -0.05) is 6.07 Å². The van der Waals surface area contributed by atoms with Crippen molar-refractivity contribution in [1.29, 1.82) is 0 Å². The van der Waals surface area contributed by atoms with Crippen LogP contribution in [0, 0.1) is 17.0 Å². The first-order valence-electron chi connectivity index (χ1n) is 6.61. The molecule has 0 aliphatic carbocycles. The quantitative estimate of drug-likeness (QED) is 0.578. The van der Waals surface area contributed by atoms with Gasteiger partial charge in [-0.2, -0.15) is 0 Å². The Morgan fingerprint density at radius 3 is 2.87 bits per heavy atom. The van der Waals surface area contributed by atoms with Crippen molar-refractivity contribution in [2.24, 2.45) is 0 Å². The Kier molecular flexibility index (Phi) is 3.90. The molecule has 0 saturated carbocycles. The van der Waals surface area contributed by atoms with Crippen molar-refractivity contribution in [3.8, 4) is 10.8 Å². The Hall–Kier alpha value is -3.00. The molecule has 0 saturated heterocycles. The van der Waals surface area contributed by atoms with Gasteiger partial charge in [-0.05, 0) is 25.1 Å². The molecule has 116 valence electrons. The summed E-state index contributed by atoms with van der Waals surface area (Å²) in [5.41, 5.74) is 0.478. The minimum absolute atomic E-state index is 0.0900. The Bertz CT molecular complexity index is 884. The van der Waals surface area contributed by atoms with Crippen molar-refractivity contribution in [2.75, 3.05) is 5.32 Å². The van der Waals surface area contributed by atoms with Gasteiger partial charge in [-0.3, -0.25) is 14.9 Å². The van der Waals surface area contributed by atoms with Crippen LogP contribution in [0.4, 0.5) is 11.4 Å². The van der Waals surface area contributed by atoms with Crippen LogP contribution >= 0.6 is 11.3 Å². The number of rotatable bonds is 4. The molecule has 7 nitrogen and oxygen atoms in total. The van der Waals surface area contributed by atoms with E-state index in [1.165, 1.54) is 29.5 Å². The van der Waals surface area contributed by atoms with Crippen LogP contribution in [0.3, 0.4) is 0 Å². The zero-order valence-corrected chi connectivity index (χ0v) is 12.8. The maximum Gasteiger partial charge on any atom is 0.275 e. The number of nitrogens with one attached hydrogen (secondary N) is 1. The lowest BCUT2D eigenvalue weighted by atomic mass is 10.2. The molecule has 0 aliphatic heterocycles. The zero-order chi connectivity index (χ0) is 16.4. The third kappa shape index (κ3) is 3.27. The smallest absolute Gasteiger partial charge is 0.275 e. The van der Waals surface area contributed by atoms with Crippen LogP contribution in [-0.4, -0.2) is 15.8 Å². The first-order chi connectivity index (χ1) is 11.0. The van der Waals surface area contributed by atoms with Gasteiger partial charge in [0.2, 0.25) is 0 Å². The molecule has 2 heterocycles. The molecule has 0 bridgehead atoms. The summed E-state index contributed by atoms with van der Waals surface area (Å²) in [6.45, 7) is 1.83. The van der Waals surface area contributed by atoms with Crippen molar-refractivity contribution < 1.29 is 14.1 Å². The lowest BCUT2D eigenvalue weighted by molar-refractivity contribution is -0.384. The average molecular weight is 329 g/mol. The first-order valence-corrected chi connectivity index (χ1v) is 7.49. The largest absolute Gasteiger partial charge is 0.459 e. The van der Waals surface area contributed by atoms with Gasteiger partial charge in [0.25, 0.3) is 11.6 Å². The molecule has 23 heavy (non-hydrogen) atoms. The summed E-state index contributed by atoms with van der Waals surface area (Å²) in [6, 6.07) is 9.34. The van der Waals surface area contributed by atoms with Crippen molar-refractivity contribution in [2.45, 2.75) is 6.92 Å². The Morgan fingerprint density at radius 1 is 1.35 bits per heavy atom. The van der Waals surface area contributed by atoms with E-state index in [9.17, 15) is 14.9 Å². The van der Waals surface area contributed by atoms with Gasteiger partial charge in [0.15, 0.2) is 10.8 Å². The normalized spacial score (nSPS) is 10.5. The van der Waals surface area contributed by atoms with Gasteiger partial charge in [0, 0.05) is 23.2 Å². The number of thiazole rings is 1. The second-order valence-corrected chi connectivity index (χ2v) is 5.57. The van der Waals surface area contributed by atoms with Crippen molar-refractivity contribution >= 4 is 28.6 Å². The highest BCUT2D eigenvalue weighted by Gasteiger charge is 2.15. The van der Waals surface area contributed by atoms with Crippen LogP contribution in [0.1, 0.15) is 16.2 Å². The number of non-ortho nitro benzene ring substituents is 1. The SMILES string of the molecule is Cc1ccc(-c2nc(C(=O)Nc3cccc([N+](=O)[O-])c3)cs2)o1. The summed E-state index contributed by atoms with van der Waals surface area (Å²) in [5.74, 6) is 0.927. The first kappa shape index (κ1) is 14.9. The van der Waals surface area contributed by atoms with Gasteiger partial charge in [-0.25, -0.2) is 4.98 Å². The molecule has 0 atom stereocenters. The molecule has 0 unspecified atom stereocenters. The number of aromatic nitrogens is 1. The lowest BCUT2D eigenvalue weighted by Crippen LogP contribution is -2.12. The van der Waals surface area contributed by atoms with Crippen LogP contribution in [0.15, 0.2) is 46.2 Å². The van der Waals surface area contributed by atoms with Gasteiger partial charge in [0.05, 0.1) is 4.92 Å². The molecule has 1 aromatic carbocycles. The van der Waals surface area contributed by atoms with Crippen LogP contribution < -0.4 is 5.32 Å². The van der Waals surface area contributed by atoms with E-state index >= 15 is 0 Å². The minimum atomic E-state index is -0.518. The van der Waals surface area contributed by atoms with Gasteiger partial charge < -0.3 is 9.73 Å². The van der Waals surface area contributed by atoms with Crippen molar-refractivity contribution in [3.63, 3.8) is 0 Å². The van der Waals surface area contributed by atoms with Crippen molar-refractivity contribution in [1.82, 2.24) is 4.98 Å². The van der Waals surface area contributed by atoms with E-state index in [0.717, 1.165) is 5.76 Å². The molecule has 3 rings (SSSR count). The van der Waals surface area contributed by atoms with Gasteiger partial charge in [-0.15, -0.1) is 11.3 Å². The Labute approximate surface area is 134 Å². The standard InChI is InChI=1S/C15H11N3O4S/c1-9-5-6-13(22-9)15-17-12(8-23-15)14(19)16-10-3-2-4-11(7-10)18(20)21/h2-8H,1H3,(H,16,19). The topological polar surface area (TPSA) is 98.3 Å². The number of hydrogen-bond acceptors (Lipinski definition) is 6. The lowest BCUT2D eigenvalue weighted by Gasteiger charge is -2.02. The van der Waals surface area contributed by atoms with E-state index in [-0.39, 0.29) is 11.4 Å². The van der Waals surface area contributed by atoms with Crippen LogP contribution in [-0.2, 0) is 0 Å². The number of benzene rings is 1. The molecule has 1 amide bonds. The number of anilines is 1. The monoisotopic (exact) mass is 329 g/mol. The fourth-order valence-corrected chi connectivity index (χ4v) is 2.69. The van der Waals surface area contributed by atoms with E-state index in [4.69, 9.17) is 4.42 Å². The molecule has 8 heteroatoms. The maximum absolute atomic E-state index is 12.2. The highest BCUT2D eigenvalue weighted by molar-refractivity contribution is 7.13. The number of carbonyl (C=O) groups is 1. The minimum Gasteiger partial charge on any atom is -0.459 e. The number of hydrogen-bond donors (Lipinski definition) is 1. The number of furan rings is 1. The van der Waals surface area contributed by atoms with Gasteiger partial charge >= 0.3 is 0 Å². The Morgan fingerprint density at radius 2 is 2.17 bits per heavy atom. The number of nitrogens with zero attached hydrogens (tertiary/aromatic N) is 2. The molecule has 2 aromatic heterocycles. The highest BCUT2D eigenvalue weighted by atomic mass is 32.1. The summed E-state index contributed by atoms with van der Waals surface area (Å²) in [6.07, 6.45) is 0. The molecule has 3 aromatic rings. The summed E-state index contributed by atoms with van der Waals surface area (Å²) in [7, 11) is 0. The van der Waals surface area contributed by atoms with E-state index < -0.39 is 10.8 Å². The predicted molar refractivity (Wildman–Crippen MR) is 85.6 cm³/mol. The number of amides is 1. The number of nitro benzene ring substituents is 1. The third-order valence-electron chi connectivity index (χ3n) is 3.00. The molecule has 0 radical (unpaired) electrons. The summed E-state index contributed by atoms with van der Waals surface area (Å²) < 4.78 is 5.46. The van der Waals surface area contributed by atoms with Crippen LogP contribution in [0.2, 0.25) is 0 Å². The van der Waals surface area contributed by atoms with E-state index in [0.29, 0.717) is 16.5 Å². The average Bonchev–Trinajstić information content (AvgIpc) is 3.16. The van der Waals surface area contributed by atoms with Crippen LogP contribution in [0.25, 0.3) is 10.8 Å². The molecule has 0 spiro atoms. The number of carbonyl (C=O) groups excluding carboxylic acids is 1. The van der Waals surface area contributed by atoms with Gasteiger partial charge in [0.1, 0.15) is 11.5 Å². The van der Waals surface area contributed by atoms with E-state index in [1.807, 2.05) is 13.0 Å².